The molecule has 0 spiro atoms. The summed E-state index contributed by atoms with van der Waals surface area (Å²) in [6, 6.07) is 2.41. The monoisotopic (exact) mass is 261 g/mol. The molecule has 0 saturated heterocycles. The van der Waals surface area contributed by atoms with Gasteiger partial charge in [0.1, 0.15) is 0 Å². The summed E-state index contributed by atoms with van der Waals surface area (Å²) in [5.41, 5.74) is 2.40. The topological polar surface area (TPSA) is 47.7 Å². The van der Waals surface area contributed by atoms with Gasteiger partial charge in [-0.25, -0.2) is 0 Å². The summed E-state index contributed by atoms with van der Waals surface area (Å²) in [6.45, 7) is 3.21. The van der Waals surface area contributed by atoms with E-state index in [-0.39, 0.29) is 0 Å². The highest BCUT2D eigenvalue weighted by atomic mass is 15.3. The van der Waals surface area contributed by atoms with Crippen LogP contribution in [0.15, 0.2) is 24.7 Å². The molecule has 5 nitrogen and oxygen atoms in total. The van der Waals surface area contributed by atoms with Gasteiger partial charge in [-0.3, -0.25) is 9.36 Å². The molecule has 2 heterocycles. The summed E-state index contributed by atoms with van der Waals surface area (Å²) in [7, 11) is 3.91. The first-order chi connectivity index (χ1) is 9.19. The predicted molar refractivity (Wildman–Crippen MR) is 75.8 cm³/mol. The second kappa shape index (κ2) is 6.52. The van der Waals surface area contributed by atoms with Crippen LogP contribution >= 0.6 is 0 Å². The Morgan fingerprint density at radius 3 is 2.74 bits per heavy atom. The van der Waals surface area contributed by atoms with E-state index in [0.29, 0.717) is 6.04 Å². The van der Waals surface area contributed by atoms with Crippen LogP contribution in [0, 0.1) is 0 Å². The number of hydrogen-bond donors (Lipinski definition) is 1. The van der Waals surface area contributed by atoms with E-state index in [0.717, 1.165) is 31.5 Å². The Bertz CT molecular complexity index is 499. The predicted octanol–water partition coefficient (Wildman–Crippen LogP) is 1.83. The van der Waals surface area contributed by atoms with Crippen LogP contribution in [-0.2, 0) is 20.5 Å². The molecular weight excluding hydrogens is 238 g/mol. The highest BCUT2D eigenvalue weighted by Crippen LogP contribution is 2.17. The molecule has 0 saturated carbocycles. The maximum absolute atomic E-state index is 4.51. The van der Waals surface area contributed by atoms with E-state index >= 15 is 0 Å². The molecule has 2 aromatic heterocycles. The third-order valence-electron chi connectivity index (χ3n) is 3.21. The van der Waals surface area contributed by atoms with Crippen LogP contribution in [0.25, 0.3) is 0 Å². The van der Waals surface area contributed by atoms with Gasteiger partial charge in [0.05, 0.1) is 17.9 Å². The molecule has 0 aliphatic rings. The molecule has 0 radical (unpaired) electrons. The molecular formula is C14H23N5. The van der Waals surface area contributed by atoms with Crippen LogP contribution in [0.4, 0.5) is 0 Å². The molecule has 1 N–H and O–H groups in total. The summed E-state index contributed by atoms with van der Waals surface area (Å²) >= 11 is 0. The van der Waals surface area contributed by atoms with Gasteiger partial charge < -0.3 is 5.32 Å². The van der Waals surface area contributed by atoms with Gasteiger partial charge in [0.2, 0.25) is 0 Å². The summed E-state index contributed by atoms with van der Waals surface area (Å²) < 4.78 is 3.71. The lowest BCUT2D eigenvalue weighted by molar-refractivity contribution is 0.483. The summed E-state index contributed by atoms with van der Waals surface area (Å²) in [6.07, 6.45) is 9.22. The SMILES string of the molecule is CCCNC(CCc1cnn(C)c1)c1ccn(C)n1. The van der Waals surface area contributed by atoms with Gasteiger partial charge >= 0.3 is 0 Å². The average molecular weight is 261 g/mol. The van der Waals surface area contributed by atoms with E-state index < -0.39 is 0 Å². The zero-order valence-electron chi connectivity index (χ0n) is 12.0. The van der Waals surface area contributed by atoms with Crippen molar-refractivity contribution in [1.82, 2.24) is 24.9 Å². The van der Waals surface area contributed by atoms with Crippen LogP contribution in [-0.4, -0.2) is 26.1 Å². The van der Waals surface area contributed by atoms with Crippen LogP contribution in [0.1, 0.15) is 37.1 Å². The Hall–Kier alpha value is -1.62. The van der Waals surface area contributed by atoms with Crippen LogP contribution < -0.4 is 5.32 Å². The fourth-order valence-corrected chi connectivity index (χ4v) is 2.20. The number of aryl methyl sites for hydroxylation is 3. The highest BCUT2D eigenvalue weighted by molar-refractivity contribution is 5.09. The van der Waals surface area contributed by atoms with E-state index in [4.69, 9.17) is 0 Å². The van der Waals surface area contributed by atoms with Crippen molar-refractivity contribution in [3.63, 3.8) is 0 Å². The average Bonchev–Trinajstić information content (AvgIpc) is 2.99. The normalized spacial score (nSPS) is 12.8. The van der Waals surface area contributed by atoms with Crippen molar-refractivity contribution in [2.24, 2.45) is 14.1 Å². The van der Waals surface area contributed by atoms with Gasteiger partial charge in [0.15, 0.2) is 0 Å². The Kier molecular flexibility index (Phi) is 4.74. The molecule has 2 rings (SSSR count). The van der Waals surface area contributed by atoms with Gasteiger partial charge in [-0.2, -0.15) is 10.2 Å². The molecule has 104 valence electrons. The Balaban J connectivity index is 1.97. The molecule has 5 heteroatoms. The lowest BCUT2D eigenvalue weighted by atomic mass is 10.1. The molecule has 0 amide bonds. The first kappa shape index (κ1) is 13.8. The summed E-state index contributed by atoms with van der Waals surface area (Å²) in [4.78, 5) is 0. The fourth-order valence-electron chi connectivity index (χ4n) is 2.20. The highest BCUT2D eigenvalue weighted by Gasteiger charge is 2.13. The van der Waals surface area contributed by atoms with E-state index in [1.54, 1.807) is 0 Å². The molecule has 0 aromatic carbocycles. The maximum atomic E-state index is 4.51. The molecule has 0 aliphatic heterocycles. The van der Waals surface area contributed by atoms with E-state index in [1.165, 1.54) is 5.56 Å². The molecule has 0 bridgehead atoms. The zero-order valence-corrected chi connectivity index (χ0v) is 12.0. The van der Waals surface area contributed by atoms with Gasteiger partial charge in [-0.05, 0) is 37.4 Å². The smallest absolute Gasteiger partial charge is 0.0793 e. The number of nitrogens with zero attached hydrogens (tertiary/aromatic N) is 4. The van der Waals surface area contributed by atoms with Gasteiger partial charge in [-0.15, -0.1) is 0 Å². The Labute approximate surface area is 114 Å². The molecule has 2 aromatic rings. The maximum Gasteiger partial charge on any atom is 0.0793 e. The number of nitrogens with one attached hydrogen (secondary N) is 1. The van der Waals surface area contributed by atoms with Crippen LogP contribution in [0.3, 0.4) is 0 Å². The lowest BCUT2D eigenvalue weighted by Gasteiger charge is -2.15. The number of rotatable bonds is 7. The largest absolute Gasteiger partial charge is 0.309 e. The third kappa shape index (κ3) is 3.92. The van der Waals surface area contributed by atoms with Gasteiger partial charge in [-0.1, -0.05) is 6.92 Å². The molecule has 0 fully saturated rings. The second-order valence-corrected chi connectivity index (χ2v) is 4.98. The first-order valence-electron chi connectivity index (χ1n) is 6.89. The van der Waals surface area contributed by atoms with Gasteiger partial charge in [0, 0.05) is 26.5 Å². The lowest BCUT2D eigenvalue weighted by Crippen LogP contribution is -2.23. The molecule has 1 unspecified atom stereocenters. The second-order valence-electron chi connectivity index (χ2n) is 4.98. The summed E-state index contributed by atoms with van der Waals surface area (Å²) in [5.74, 6) is 0. The van der Waals surface area contributed by atoms with Crippen LogP contribution in [0.2, 0.25) is 0 Å². The summed E-state index contributed by atoms with van der Waals surface area (Å²) in [5, 5.41) is 12.3. The minimum Gasteiger partial charge on any atom is -0.309 e. The van der Waals surface area contributed by atoms with E-state index in [9.17, 15) is 0 Å². The molecule has 19 heavy (non-hydrogen) atoms. The van der Waals surface area contributed by atoms with Crippen molar-refractivity contribution < 1.29 is 0 Å². The van der Waals surface area contributed by atoms with Crippen molar-refractivity contribution in [3.8, 4) is 0 Å². The molecule has 1 atom stereocenters. The Morgan fingerprint density at radius 1 is 1.32 bits per heavy atom. The fraction of sp³-hybridized carbons (Fsp3) is 0.571. The van der Waals surface area contributed by atoms with E-state index in [1.807, 2.05) is 35.9 Å². The van der Waals surface area contributed by atoms with Gasteiger partial charge in [0.25, 0.3) is 0 Å². The van der Waals surface area contributed by atoms with Crippen molar-refractivity contribution >= 4 is 0 Å². The van der Waals surface area contributed by atoms with Crippen molar-refractivity contribution in [2.75, 3.05) is 6.54 Å². The van der Waals surface area contributed by atoms with Crippen molar-refractivity contribution in [3.05, 3.63) is 35.9 Å². The van der Waals surface area contributed by atoms with Crippen LogP contribution in [0.5, 0.6) is 0 Å². The molecule has 0 aliphatic carbocycles. The minimum atomic E-state index is 0.321. The number of aromatic nitrogens is 4. The van der Waals surface area contributed by atoms with Crippen molar-refractivity contribution in [2.45, 2.75) is 32.2 Å². The quantitative estimate of drug-likeness (QED) is 0.827. The van der Waals surface area contributed by atoms with E-state index in [2.05, 4.69) is 34.7 Å². The zero-order chi connectivity index (χ0) is 13.7. The Morgan fingerprint density at radius 2 is 2.16 bits per heavy atom. The minimum absolute atomic E-state index is 0.321. The van der Waals surface area contributed by atoms with Crippen molar-refractivity contribution in [1.29, 1.82) is 0 Å². The third-order valence-corrected chi connectivity index (χ3v) is 3.21. The number of hydrogen-bond acceptors (Lipinski definition) is 3. The first-order valence-corrected chi connectivity index (χ1v) is 6.89. The standard InChI is InChI=1S/C14H23N5/c1-4-8-15-13(14-7-9-18(2)17-14)6-5-12-10-16-19(3)11-12/h7,9-11,13,15H,4-6,8H2,1-3H3.